The number of hydrogen-bond donors (Lipinski definition) is 1. The van der Waals surface area contributed by atoms with E-state index in [4.69, 9.17) is 0 Å². The van der Waals surface area contributed by atoms with E-state index in [1.165, 1.54) is 4.90 Å². The number of aromatic amines is 1. The van der Waals surface area contributed by atoms with Gasteiger partial charge in [-0.25, -0.2) is 15.0 Å². The number of fused-ring (bicyclic) bond motifs is 3. The first-order valence-corrected chi connectivity index (χ1v) is 8.76. The largest absolute Gasteiger partial charge is 0.397 e. The lowest BCUT2D eigenvalue weighted by Crippen LogP contribution is -2.41. The molecule has 1 N–H and O–H groups in total. The van der Waals surface area contributed by atoms with Gasteiger partial charge in [0.1, 0.15) is 12.2 Å². The number of rotatable bonds is 2. The van der Waals surface area contributed by atoms with Crippen LogP contribution < -0.4 is 0 Å². The second-order valence-corrected chi connectivity index (χ2v) is 6.91. The van der Waals surface area contributed by atoms with E-state index in [0.717, 1.165) is 22.9 Å². The highest BCUT2D eigenvalue weighted by molar-refractivity contribution is 6.04. The Morgan fingerprint density at radius 2 is 2.19 bits per heavy atom. The molecule has 0 aromatic carbocycles. The van der Waals surface area contributed by atoms with Crippen LogP contribution in [0.15, 0.2) is 18.5 Å². The highest BCUT2D eigenvalue weighted by Crippen LogP contribution is 2.34. The average molecular weight is 377 g/mol. The van der Waals surface area contributed by atoms with Gasteiger partial charge in [-0.15, -0.1) is 0 Å². The van der Waals surface area contributed by atoms with Crippen molar-refractivity contribution in [2.24, 2.45) is 0 Å². The van der Waals surface area contributed by atoms with E-state index in [0.29, 0.717) is 30.0 Å². The summed E-state index contributed by atoms with van der Waals surface area (Å²) in [6, 6.07) is 1.86. The zero-order valence-electron chi connectivity index (χ0n) is 14.7. The van der Waals surface area contributed by atoms with Crippen molar-refractivity contribution in [3.8, 4) is 0 Å². The number of amides is 1. The molecule has 4 rings (SSSR count). The van der Waals surface area contributed by atoms with Crippen LogP contribution in [0.2, 0.25) is 0 Å². The summed E-state index contributed by atoms with van der Waals surface area (Å²) in [5.41, 5.74) is 2.19. The number of piperidine rings is 1. The minimum atomic E-state index is -4.49. The summed E-state index contributed by atoms with van der Waals surface area (Å²) in [5.74, 6) is -0.276. The smallest absolute Gasteiger partial charge is 0.346 e. The maximum absolute atomic E-state index is 12.6. The number of carbonyl (C=O) groups excluding carboxylic acids is 1. The second-order valence-electron chi connectivity index (χ2n) is 6.91. The molecule has 0 saturated carbocycles. The third kappa shape index (κ3) is 3.45. The van der Waals surface area contributed by atoms with Gasteiger partial charge < -0.3 is 9.88 Å². The fraction of sp³-hybridized carbons (Fsp3) is 0.444. The van der Waals surface area contributed by atoms with Crippen molar-refractivity contribution in [1.82, 2.24) is 24.8 Å². The topological polar surface area (TPSA) is 74.8 Å². The first-order chi connectivity index (χ1) is 12.8. The molecule has 6 nitrogen and oxygen atoms in total. The first kappa shape index (κ1) is 17.7. The third-order valence-electron chi connectivity index (χ3n) is 4.92. The molecule has 1 aliphatic heterocycles. The lowest BCUT2D eigenvalue weighted by atomic mass is 9.91. The molecule has 3 aromatic rings. The summed E-state index contributed by atoms with van der Waals surface area (Å²) < 4.78 is 37.8. The molecule has 1 saturated heterocycles. The standard InChI is InChI=1S/C18H18F3N5O/c1-10-24-13-8-23-17-12(4-5-22-17)15(13)16(25-10)11-3-2-6-26(9-11)14(27)7-18(19,20)21/h4-5,8,11H,2-3,6-7,9H2,1H3,(H,24,25). The molecule has 142 valence electrons. The molecule has 1 atom stereocenters. The van der Waals surface area contributed by atoms with Gasteiger partial charge >= 0.3 is 6.18 Å². The Bertz CT molecular complexity index is 1010. The Kier molecular flexibility index (Phi) is 4.24. The van der Waals surface area contributed by atoms with Crippen LogP contribution in [0.1, 0.15) is 36.7 Å². The molecule has 0 bridgehead atoms. The molecule has 1 unspecified atom stereocenters. The molecule has 4 heterocycles. The molecule has 27 heavy (non-hydrogen) atoms. The van der Waals surface area contributed by atoms with Gasteiger partial charge in [-0.2, -0.15) is 13.2 Å². The van der Waals surface area contributed by atoms with Crippen molar-refractivity contribution in [3.63, 3.8) is 0 Å². The van der Waals surface area contributed by atoms with Crippen molar-refractivity contribution in [2.75, 3.05) is 13.1 Å². The van der Waals surface area contributed by atoms with E-state index in [1.807, 2.05) is 13.0 Å². The number of aromatic nitrogens is 4. The van der Waals surface area contributed by atoms with Crippen LogP contribution in [0.3, 0.4) is 0 Å². The van der Waals surface area contributed by atoms with Gasteiger partial charge in [0.15, 0.2) is 5.65 Å². The summed E-state index contributed by atoms with van der Waals surface area (Å²) in [4.78, 5) is 29.7. The fourth-order valence-corrected chi connectivity index (χ4v) is 3.81. The fourth-order valence-electron chi connectivity index (χ4n) is 3.81. The van der Waals surface area contributed by atoms with Crippen molar-refractivity contribution < 1.29 is 18.0 Å². The molecule has 0 aliphatic carbocycles. The van der Waals surface area contributed by atoms with Crippen molar-refractivity contribution in [2.45, 2.75) is 38.3 Å². The Morgan fingerprint density at radius 1 is 1.37 bits per heavy atom. The molecule has 0 spiro atoms. The van der Waals surface area contributed by atoms with E-state index < -0.39 is 18.5 Å². The Labute approximate surface area is 152 Å². The Morgan fingerprint density at radius 3 is 2.96 bits per heavy atom. The lowest BCUT2D eigenvalue weighted by molar-refractivity contribution is -0.162. The number of carbonyl (C=O) groups is 1. The predicted octanol–water partition coefficient (Wildman–Crippen LogP) is 3.47. The van der Waals surface area contributed by atoms with Crippen molar-refractivity contribution in [3.05, 3.63) is 30.0 Å². The van der Waals surface area contributed by atoms with Crippen molar-refractivity contribution in [1.29, 1.82) is 0 Å². The molecule has 9 heteroatoms. The van der Waals surface area contributed by atoms with E-state index in [2.05, 4.69) is 19.9 Å². The number of aryl methyl sites for hydroxylation is 1. The molecule has 1 fully saturated rings. The summed E-state index contributed by atoms with van der Waals surface area (Å²) in [5, 5.41) is 1.73. The number of pyridine rings is 1. The van der Waals surface area contributed by atoms with Crippen LogP contribution in [0.4, 0.5) is 13.2 Å². The first-order valence-electron chi connectivity index (χ1n) is 8.76. The summed E-state index contributed by atoms with van der Waals surface area (Å²) in [7, 11) is 0. The second kappa shape index (κ2) is 6.47. The highest BCUT2D eigenvalue weighted by atomic mass is 19.4. The van der Waals surface area contributed by atoms with Crippen LogP contribution in [-0.4, -0.2) is 50.0 Å². The number of alkyl halides is 3. The third-order valence-corrected chi connectivity index (χ3v) is 4.92. The molecule has 1 amide bonds. The highest BCUT2D eigenvalue weighted by Gasteiger charge is 2.35. The monoisotopic (exact) mass is 377 g/mol. The van der Waals surface area contributed by atoms with Crippen LogP contribution in [0, 0.1) is 6.92 Å². The lowest BCUT2D eigenvalue weighted by Gasteiger charge is -2.33. The SMILES string of the molecule is Cc1nc2cnc3nccc3c2c(C2CCCN(C(=O)CC(F)(F)F)C2)[nH]1. The number of halogens is 3. The van der Waals surface area contributed by atoms with E-state index in [-0.39, 0.29) is 12.5 Å². The predicted molar refractivity (Wildman–Crippen MR) is 93.2 cm³/mol. The van der Waals surface area contributed by atoms with Gasteiger partial charge in [-0.3, -0.25) is 4.79 Å². The van der Waals surface area contributed by atoms with Crippen LogP contribution in [0.25, 0.3) is 21.9 Å². The number of likely N-dealkylation sites (tertiary alicyclic amines) is 1. The summed E-state index contributed by atoms with van der Waals surface area (Å²) in [6.07, 6.45) is -1.15. The van der Waals surface area contributed by atoms with Crippen molar-refractivity contribution >= 4 is 27.8 Å². The zero-order chi connectivity index (χ0) is 19.2. The molecule has 3 aromatic heterocycles. The van der Waals surface area contributed by atoms with Gasteiger partial charge in [-0.1, -0.05) is 0 Å². The zero-order valence-corrected chi connectivity index (χ0v) is 14.7. The van der Waals surface area contributed by atoms with E-state index in [1.54, 1.807) is 12.4 Å². The molecule has 0 radical (unpaired) electrons. The number of hydrogen-bond acceptors (Lipinski definition) is 4. The van der Waals surface area contributed by atoms with Crippen LogP contribution in [-0.2, 0) is 4.79 Å². The van der Waals surface area contributed by atoms with Gasteiger partial charge in [0.05, 0.1) is 11.7 Å². The maximum atomic E-state index is 12.6. The quantitative estimate of drug-likeness (QED) is 0.742. The van der Waals surface area contributed by atoms with E-state index in [9.17, 15) is 18.0 Å². The van der Waals surface area contributed by atoms with Gasteiger partial charge in [-0.05, 0) is 25.8 Å². The van der Waals surface area contributed by atoms with Gasteiger partial charge in [0.25, 0.3) is 0 Å². The molecular weight excluding hydrogens is 359 g/mol. The average Bonchev–Trinajstić information content (AvgIpc) is 3.08. The Balaban J connectivity index is 1.73. The minimum absolute atomic E-state index is 0.0966. The normalized spacial score (nSPS) is 18.4. The van der Waals surface area contributed by atoms with Crippen LogP contribution >= 0.6 is 0 Å². The minimum Gasteiger partial charge on any atom is -0.346 e. The number of H-pyrrole nitrogens is 1. The number of nitrogens with zero attached hydrogens (tertiary/aromatic N) is 4. The maximum Gasteiger partial charge on any atom is 0.397 e. The molecule has 1 aliphatic rings. The summed E-state index contributed by atoms with van der Waals surface area (Å²) >= 11 is 0. The summed E-state index contributed by atoms with van der Waals surface area (Å²) in [6.45, 7) is 2.43. The van der Waals surface area contributed by atoms with Gasteiger partial charge in [0.2, 0.25) is 5.91 Å². The number of nitrogens with one attached hydrogen (secondary N) is 1. The Hall–Kier alpha value is -2.71. The van der Waals surface area contributed by atoms with Crippen LogP contribution in [0.5, 0.6) is 0 Å². The molecular formula is C18H18F3N5O. The van der Waals surface area contributed by atoms with Gasteiger partial charge in [0, 0.05) is 41.7 Å². The van der Waals surface area contributed by atoms with E-state index >= 15 is 0 Å².